The Kier molecular flexibility index (Phi) is 9.76. The molecule has 0 bridgehead atoms. The minimum Gasteiger partial charge on any atom is -0.300 e. The molecule has 2 aromatic carbocycles. The highest BCUT2D eigenvalue weighted by Gasteiger charge is 2.17. The van der Waals surface area contributed by atoms with Crippen molar-refractivity contribution in [3.05, 3.63) is 71.8 Å². The van der Waals surface area contributed by atoms with Gasteiger partial charge in [-0.3, -0.25) is 9.69 Å². The molecule has 1 aliphatic rings. The molecule has 2 aromatic rings. The van der Waals surface area contributed by atoms with Crippen LogP contribution in [-0.4, -0.2) is 48.3 Å². The first-order valence-electron chi connectivity index (χ1n) is 8.38. The molecule has 0 N–H and O–H groups in total. The van der Waals surface area contributed by atoms with Gasteiger partial charge in [-0.05, 0) is 5.56 Å². The Morgan fingerprint density at radius 1 is 0.760 bits per heavy atom. The Bertz CT molecular complexity index is 614. The van der Waals surface area contributed by atoms with Gasteiger partial charge in [0.2, 0.25) is 0 Å². The Labute approximate surface area is 162 Å². The van der Waals surface area contributed by atoms with Crippen molar-refractivity contribution in [1.82, 2.24) is 9.80 Å². The normalized spacial score (nSPS) is 15.0. The number of ketones is 1. The number of halogens is 2. The maximum absolute atomic E-state index is 12.2. The quantitative estimate of drug-likeness (QED) is 0.709. The van der Waals surface area contributed by atoms with Crippen LogP contribution in [-0.2, 0) is 6.54 Å². The molecule has 0 spiro atoms. The lowest BCUT2D eigenvalue weighted by molar-refractivity contribution is 0.0922. The summed E-state index contributed by atoms with van der Waals surface area (Å²) in [6.07, 6.45) is 0.614. The van der Waals surface area contributed by atoms with Gasteiger partial charge in [-0.25, -0.2) is 0 Å². The van der Waals surface area contributed by atoms with E-state index >= 15 is 0 Å². The van der Waals surface area contributed by atoms with Crippen LogP contribution in [0.3, 0.4) is 0 Å². The largest absolute Gasteiger partial charge is 0.300 e. The summed E-state index contributed by atoms with van der Waals surface area (Å²) >= 11 is 0. The van der Waals surface area contributed by atoms with Gasteiger partial charge in [-0.2, -0.15) is 0 Å². The highest BCUT2D eigenvalue weighted by Crippen LogP contribution is 2.10. The summed E-state index contributed by atoms with van der Waals surface area (Å²) in [5.41, 5.74) is 2.20. The first kappa shape index (κ1) is 21.7. The standard InChI is InChI=1S/C20H24N2O.2ClH/c23-20(19-9-5-2-6-10-19)11-12-21-13-15-22(16-14-21)17-18-7-3-1-4-8-18;;/h1-10H,11-17H2;2*1H. The van der Waals surface area contributed by atoms with Gasteiger partial charge < -0.3 is 4.90 Å². The van der Waals surface area contributed by atoms with Crippen LogP contribution in [0.1, 0.15) is 22.3 Å². The van der Waals surface area contributed by atoms with E-state index in [4.69, 9.17) is 0 Å². The molecule has 0 aromatic heterocycles. The molecule has 0 radical (unpaired) electrons. The lowest BCUT2D eigenvalue weighted by atomic mass is 10.1. The maximum Gasteiger partial charge on any atom is 0.164 e. The zero-order valence-electron chi connectivity index (χ0n) is 14.3. The summed E-state index contributed by atoms with van der Waals surface area (Å²) in [7, 11) is 0. The van der Waals surface area contributed by atoms with E-state index in [-0.39, 0.29) is 30.6 Å². The van der Waals surface area contributed by atoms with Crippen LogP contribution in [0.25, 0.3) is 0 Å². The van der Waals surface area contributed by atoms with Crippen LogP contribution in [0.15, 0.2) is 60.7 Å². The van der Waals surface area contributed by atoms with Gasteiger partial charge in [-0.1, -0.05) is 60.7 Å². The second-order valence-electron chi connectivity index (χ2n) is 6.14. The SMILES string of the molecule is Cl.Cl.O=C(CCN1CCN(Cc2ccccc2)CC1)c1ccccc1. The predicted molar refractivity (Wildman–Crippen MR) is 108 cm³/mol. The molecule has 3 rings (SSSR count). The van der Waals surface area contributed by atoms with E-state index in [1.165, 1.54) is 5.56 Å². The van der Waals surface area contributed by atoms with E-state index < -0.39 is 0 Å². The lowest BCUT2D eigenvalue weighted by Crippen LogP contribution is -2.46. The highest BCUT2D eigenvalue weighted by molar-refractivity contribution is 5.96. The Balaban J connectivity index is 0.00000156. The van der Waals surface area contributed by atoms with Crippen molar-refractivity contribution in [3.8, 4) is 0 Å². The minimum absolute atomic E-state index is 0. The molecule has 0 unspecified atom stereocenters. The molecule has 0 amide bonds. The molecular weight excluding hydrogens is 355 g/mol. The van der Waals surface area contributed by atoms with Crippen LogP contribution in [0.2, 0.25) is 0 Å². The van der Waals surface area contributed by atoms with Crippen molar-refractivity contribution in [3.63, 3.8) is 0 Å². The molecule has 5 heteroatoms. The fraction of sp³-hybridized carbons (Fsp3) is 0.350. The Morgan fingerprint density at radius 3 is 1.88 bits per heavy atom. The van der Waals surface area contributed by atoms with Gasteiger partial charge in [0.25, 0.3) is 0 Å². The molecule has 0 aliphatic carbocycles. The van der Waals surface area contributed by atoms with E-state index in [0.29, 0.717) is 6.42 Å². The van der Waals surface area contributed by atoms with Crippen molar-refractivity contribution in [2.24, 2.45) is 0 Å². The smallest absolute Gasteiger partial charge is 0.164 e. The topological polar surface area (TPSA) is 23.6 Å². The van der Waals surface area contributed by atoms with Crippen LogP contribution in [0, 0.1) is 0 Å². The van der Waals surface area contributed by atoms with Crippen molar-refractivity contribution in [2.75, 3.05) is 32.7 Å². The predicted octanol–water partition coefficient (Wildman–Crippen LogP) is 3.92. The second kappa shape index (κ2) is 11.3. The molecule has 0 saturated carbocycles. The highest BCUT2D eigenvalue weighted by atomic mass is 35.5. The monoisotopic (exact) mass is 380 g/mol. The molecule has 1 aliphatic heterocycles. The number of Topliss-reactive ketones (excluding diaryl/α,β-unsaturated/α-hetero) is 1. The third-order valence-electron chi connectivity index (χ3n) is 4.46. The Morgan fingerprint density at radius 2 is 1.28 bits per heavy atom. The van der Waals surface area contributed by atoms with E-state index in [0.717, 1.165) is 44.8 Å². The number of hydrogen-bond donors (Lipinski definition) is 0. The molecular formula is C20H26Cl2N2O. The summed E-state index contributed by atoms with van der Waals surface area (Å²) < 4.78 is 0. The number of carbonyl (C=O) groups excluding carboxylic acids is 1. The van der Waals surface area contributed by atoms with Gasteiger partial charge in [0.05, 0.1) is 0 Å². The first-order chi connectivity index (χ1) is 11.3. The first-order valence-corrected chi connectivity index (χ1v) is 8.38. The molecule has 136 valence electrons. The van der Waals surface area contributed by atoms with Gasteiger partial charge in [-0.15, -0.1) is 24.8 Å². The maximum atomic E-state index is 12.2. The number of piperazine rings is 1. The number of hydrogen-bond acceptors (Lipinski definition) is 3. The van der Waals surface area contributed by atoms with Crippen molar-refractivity contribution < 1.29 is 4.79 Å². The van der Waals surface area contributed by atoms with E-state index in [2.05, 4.69) is 40.1 Å². The summed E-state index contributed by atoms with van der Waals surface area (Å²) in [4.78, 5) is 17.1. The zero-order valence-corrected chi connectivity index (χ0v) is 16.0. The minimum atomic E-state index is 0. The fourth-order valence-corrected chi connectivity index (χ4v) is 3.04. The van der Waals surface area contributed by atoms with Crippen molar-refractivity contribution >= 4 is 30.6 Å². The van der Waals surface area contributed by atoms with Crippen LogP contribution in [0.5, 0.6) is 0 Å². The van der Waals surface area contributed by atoms with Gasteiger partial charge in [0.1, 0.15) is 0 Å². The van der Waals surface area contributed by atoms with Crippen LogP contribution in [0.4, 0.5) is 0 Å². The van der Waals surface area contributed by atoms with Crippen LogP contribution >= 0.6 is 24.8 Å². The van der Waals surface area contributed by atoms with E-state index in [1.807, 2.05) is 30.3 Å². The Hall–Kier alpha value is -1.39. The van der Waals surface area contributed by atoms with Crippen LogP contribution < -0.4 is 0 Å². The average molecular weight is 381 g/mol. The third kappa shape index (κ3) is 6.79. The van der Waals surface area contributed by atoms with Gasteiger partial charge in [0.15, 0.2) is 5.78 Å². The van der Waals surface area contributed by atoms with Gasteiger partial charge in [0, 0.05) is 51.3 Å². The molecule has 1 fully saturated rings. The molecule has 1 heterocycles. The molecule has 0 atom stereocenters. The fourth-order valence-electron chi connectivity index (χ4n) is 3.04. The number of rotatable bonds is 6. The molecule has 3 nitrogen and oxygen atoms in total. The number of nitrogens with zero attached hydrogens (tertiary/aromatic N) is 2. The molecule has 25 heavy (non-hydrogen) atoms. The zero-order chi connectivity index (χ0) is 15.9. The summed E-state index contributed by atoms with van der Waals surface area (Å²) in [6.45, 7) is 6.15. The van der Waals surface area contributed by atoms with Crippen molar-refractivity contribution in [2.45, 2.75) is 13.0 Å². The third-order valence-corrected chi connectivity index (χ3v) is 4.46. The van der Waals surface area contributed by atoms with E-state index in [9.17, 15) is 4.79 Å². The van der Waals surface area contributed by atoms with E-state index in [1.54, 1.807) is 0 Å². The summed E-state index contributed by atoms with van der Waals surface area (Å²) in [6, 6.07) is 20.2. The summed E-state index contributed by atoms with van der Waals surface area (Å²) in [5, 5.41) is 0. The average Bonchev–Trinajstić information content (AvgIpc) is 2.62. The lowest BCUT2D eigenvalue weighted by Gasteiger charge is -2.34. The number of benzene rings is 2. The molecule has 1 saturated heterocycles. The summed E-state index contributed by atoms with van der Waals surface area (Å²) in [5.74, 6) is 0.248. The van der Waals surface area contributed by atoms with Gasteiger partial charge >= 0.3 is 0 Å². The number of carbonyl (C=O) groups is 1. The second-order valence-corrected chi connectivity index (χ2v) is 6.14. The van der Waals surface area contributed by atoms with Crippen molar-refractivity contribution in [1.29, 1.82) is 0 Å².